The lowest BCUT2D eigenvalue weighted by atomic mass is 10.2. The Labute approximate surface area is 129 Å². The van der Waals surface area contributed by atoms with Crippen LogP contribution in [0, 0.1) is 5.82 Å². The SMILES string of the molecule is O=P(Cc1ccc(F)cc1)(c1ccccc1)c1ccccc1. The topological polar surface area (TPSA) is 17.1 Å². The Morgan fingerprint density at radius 1 is 0.682 bits per heavy atom. The minimum Gasteiger partial charge on any atom is -0.313 e. The lowest BCUT2D eigenvalue weighted by Crippen LogP contribution is -2.17. The van der Waals surface area contributed by atoms with Gasteiger partial charge in [0.15, 0.2) is 0 Å². The predicted octanol–water partition coefficient (Wildman–Crippen LogP) is 4.34. The van der Waals surface area contributed by atoms with Crippen LogP contribution in [0.3, 0.4) is 0 Å². The minimum atomic E-state index is -2.78. The Kier molecular flexibility index (Phi) is 4.22. The zero-order chi connectivity index (χ0) is 15.4. The van der Waals surface area contributed by atoms with Gasteiger partial charge in [0, 0.05) is 16.8 Å². The summed E-state index contributed by atoms with van der Waals surface area (Å²) in [5, 5.41) is 1.65. The van der Waals surface area contributed by atoms with Crippen LogP contribution < -0.4 is 10.6 Å². The van der Waals surface area contributed by atoms with Crippen molar-refractivity contribution in [1.29, 1.82) is 0 Å². The van der Waals surface area contributed by atoms with Crippen molar-refractivity contribution in [2.24, 2.45) is 0 Å². The van der Waals surface area contributed by atoms with Crippen LogP contribution in [0.4, 0.5) is 4.39 Å². The van der Waals surface area contributed by atoms with Crippen molar-refractivity contribution in [3.8, 4) is 0 Å². The first kappa shape index (κ1) is 14.7. The quantitative estimate of drug-likeness (QED) is 0.655. The third-order valence-electron chi connectivity index (χ3n) is 3.67. The van der Waals surface area contributed by atoms with E-state index in [1.807, 2.05) is 60.7 Å². The molecular weight excluding hydrogens is 294 g/mol. The van der Waals surface area contributed by atoms with Crippen LogP contribution in [0.15, 0.2) is 84.9 Å². The molecule has 0 N–H and O–H groups in total. The van der Waals surface area contributed by atoms with Gasteiger partial charge in [-0.05, 0) is 17.7 Å². The van der Waals surface area contributed by atoms with E-state index in [4.69, 9.17) is 0 Å². The van der Waals surface area contributed by atoms with Gasteiger partial charge in [-0.2, -0.15) is 0 Å². The molecule has 3 rings (SSSR count). The molecule has 0 saturated heterocycles. The van der Waals surface area contributed by atoms with E-state index in [0.717, 1.165) is 16.2 Å². The Morgan fingerprint density at radius 2 is 1.14 bits per heavy atom. The van der Waals surface area contributed by atoms with Crippen molar-refractivity contribution in [2.75, 3.05) is 0 Å². The highest BCUT2D eigenvalue weighted by Crippen LogP contribution is 2.46. The average molecular weight is 310 g/mol. The van der Waals surface area contributed by atoms with Gasteiger partial charge in [-0.1, -0.05) is 72.8 Å². The van der Waals surface area contributed by atoms with Crippen LogP contribution in [0.5, 0.6) is 0 Å². The number of hydrogen-bond donors (Lipinski definition) is 0. The number of hydrogen-bond acceptors (Lipinski definition) is 1. The molecule has 1 nitrogen and oxygen atoms in total. The molecule has 110 valence electrons. The highest BCUT2D eigenvalue weighted by Gasteiger charge is 2.27. The summed E-state index contributed by atoms with van der Waals surface area (Å²) in [6, 6.07) is 25.3. The van der Waals surface area contributed by atoms with Gasteiger partial charge in [0.05, 0.1) is 0 Å². The van der Waals surface area contributed by atoms with Gasteiger partial charge < -0.3 is 4.57 Å². The van der Waals surface area contributed by atoms with Crippen LogP contribution in [0.2, 0.25) is 0 Å². The predicted molar refractivity (Wildman–Crippen MR) is 89.9 cm³/mol. The molecule has 0 atom stereocenters. The van der Waals surface area contributed by atoms with E-state index in [2.05, 4.69) is 0 Å². The molecule has 22 heavy (non-hydrogen) atoms. The summed E-state index contributed by atoms with van der Waals surface area (Å²) in [5.74, 6) is -0.280. The molecule has 0 heterocycles. The monoisotopic (exact) mass is 310 g/mol. The zero-order valence-corrected chi connectivity index (χ0v) is 12.9. The summed E-state index contributed by atoms with van der Waals surface area (Å²) >= 11 is 0. The molecule has 0 unspecified atom stereocenters. The molecule has 0 bridgehead atoms. The average Bonchev–Trinajstić information content (AvgIpc) is 2.58. The van der Waals surface area contributed by atoms with Gasteiger partial charge in [-0.15, -0.1) is 0 Å². The molecule has 0 aromatic heterocycles. The van der Waals surface area contributed by atoms with Crippen molar-refractivity contribution in [1.82, 2.24) is 0 Å². The second-order valence-corrected chi connectivity index (χ2v) is 8.02. The third kappa shape index (κ3) is 3.03. The van der Waals surface area contributed by atoms with Gasteiger partial charge in [-0.25, -0.2) is 4.39 Å². The van der Waals surface area contributed by atoms with E-state index in [9.17, 15) is 8.96 Å². The Morgan fingerprint density at radius 3 is 1.59 bits per heavy atom. The maximum Gasteiger partial charge on any atom is 0.147 e. The molecule has 0 aliphatic rings. The Balaban J connectivity index is 2.08. The minimum absolute atomic E-state index is 0.280. The summed E-state index contributed by atoms with van der Waals surface area (Å²) < 4.78 is 26.9. The van der Waals surface area contributed by atoms with Gasteiger partial charge in [0.25, 0.3) is 0 Å². The third-order valence-corrected chi connectivity index (χ3v) is 6.74. The van der Waals surface area contributed by atoms with Gasteiger partial charge in [0.1, 0.15) is 13.0 Å². The molecule has 0 spiro atoms. The smallest absolute Gasteiger partial charge is 0.147 e. The lowest BCUT2D eigenvalue weighted by Gasteiger charge is -2.19. The maximum absolute atomic E-state index is 13.8. The molecule has 3 heteroatoms. The fourth-order valence-corrected chi connectivity index (χ4v) is 5.21. The van der Waals surface area contributed by atoms with Crippen molar-refractivity contribution in [3.05, 3.63) is 96.3 Å². The number of rotatable bonds is 4. The second kappa shape index (κ2) is 6.29. The van der Waals surface area contributed by atoms with E-state index < -0.39 is 7.14 Å². The van der Waals surface area contributed by atoms with Crippen LogP contribution in [-0.2, 0) is 10.7 Å². The maximum atomic E-state index is 13.8. The summed E-state index contributed by atoms with van der Waals surface area (Å²) in [4.78, 5) is 0. The second-order valence-electron chi connectivity index (χ2n) is 5.20. The van der Waals surface area contributed by atoms with Crippen molar-refractivity contribution in [2.45, 2.75) is 6.16 Å². The normalized spacial score (nSPS) is 11.3. The molecule has 0 aliphatic carbocycles. The summed E-state index contributed by atoms with van der Waals surface area (Å²) in [7, 11) is -2.78. The first-order valence-corrected chi connectivity index (χ1v) is 9.02. The zero-order valence-electron chi connectivity index (χ0n) is 12.0. The highest BCUT2D eigenvalue weighted by molar-refractivity contribution is 7.78. The summed E-state index contributed by atoms with van der Waals surface area (Å²) in [6.07, 6.45) is 0.390. The highest BCUT2D eigenvalue weighted by atomic mass is 31.2. The van der Waals surface area contributed by atoms with Crippen LogP contribution >= 0.6 is 7.14 Å². The van der Waals surface area contributed by atoms with Crippen LogP contribution in [0.25, 0.3) is 0 Å². The van der Waals surface area contributed by atoms with Gasteiger partial charge in [0.2, 0.25) is 0 Å². The summed E-state index contributed by atoms with van der Waals surface area (Å²) in [5.41, 5.74) is 0.873. The molecule has 3 aromatic carbocycles. The number of benzene rings is 3. The summed E-state index contributed by atoms with van der Waals surface area (Å²) in [6.45, 7) is 0. The Hall–Kier alpha value is -2.18. The van der Waals surface area contributed by atoms with Crippen molar-refractivity contribution < 1.29 is 8.96 Å². The standard InChI is InChI=1S/C19H16FOP/c20-17-13-11-16(12-14-17)15-22(21,18-7-3-1-4-8-18)19-9-5-2-6-10-19/h1-14H,15H2. The van der Waals surface area contributed by atoms with Gasteiger partial charge >= 0.3 is 0 Å². The molecular formula is C19H16FOP. The van der Waals surface area contributed by atoms with E-state index in [1.54, 1.807) is 12.1 Å². The first-order valence-electron chi connectivity index (χ1n) is 7.13. The van der Waals surface area contributed by atoms with E-state index in [-0.39, 0.29) is 5.82 Å². The largest absolute Gasteiger partial charge is 0.313 e. The van der Waals surface area contributed by atoms with Crippen molar-refractivity contribution >= 4 is 17.8 Å². The molecule has 3 aromatic rings. The van der Waals surface area contributed by atoms with Crippen LogP contribution in [0.1, 0.15) is 5.56 Å². The van der Waals surface area contributed by atoms with E-state index in [0.29, 0.717) is 6.16 Å². The fourth-order valence-electron chi connectivity index (χ4n) is 2.52. The van der Waals surface area contributed by atoms with E-state index in [1.165, 1.54) is 12.1 Å². The molecule has 0 radical (unpaired) electrons. The molecule has 0 saturated carbocycles. The van der Waals surface area contributed by atoms with Crippen molar-refractivity contribution in [3.63, 3.8) is 0 Å². The molecule has 0 fully saturated rings. The molecule has 0 aliphatic heterocycles. The first-order chi connectivity index (χ1) is 10.7. The van der Waals surface area contributed by atoms with E-state index >= 15 is 0 Å². The van der Waals surface area contributed by atoms with Gasteiger partial charge in [-0.3, -0.25) is 0 Å². The Bertz CT molecular complexity index is 739. The van der Waals surface area contributed by atoms with Crippen LogP contribution in [-0.4, -0.2) is 0 Å². The fraction of sp³-hybridized carbons (Fsp3) is 0.0526. The number of halogens is 1. The molecule has 0 amide bonds. The lowest BCUT2D eigenvalue weighted by molar-refractivity contribution is 0.586.